The van der Waals surface area contributed by atoms with Crippen LogP contribution in [0.25, 0.3) is 0 Å². The zero-order chi connectivity index (χ0) is 4.83. The summed E-state index contributed by atoms with van der Waals surface area (Å²) in [5, 5.41) is 5.64. The zero-order valence-electron chi connectivity index (χ0n) is 3.61. The predicted octanol–water partition coefficient (Wildman–Crippen LogP) is 0.350. The van der Waals surface area contributed by atoms with Crippen molar-refractivity contribution in [2.75, 3.05) is 4.55 Å². The van der Waals surface area contributed by atoms with Gasteiger partial charge in [-0.05, 0) is 0 Å². The van der Waals surface area contributed by atoms with Gasteiger partial charge in [0, 0.05) is 0 Å². The Balaban J connectivity index is 2.66. The average Bonchev–Trinajstić information content (AvgIpc) is 1.61. The molecule has 5 heavy (non-hydrogen) atoms. The van der Waals surface area contributed by atoms with Gasteiger partial charge >= 0.3 is 46.3 Å². The van der Waals surface area contributed by atoms with Gasteiger partial charge < -0.3 is 0 Å². The van der Waals surface area contributed by atoms with Crippen molar-refractivity contribution in [1.82, 2.24) is 5.23 Å². The predicted molar refractivity (Wildman–Crippen MR) is 30.5 cm³/mol. The van der Waals surface area contributed by atoms with Crippen molar-refractivity contribution in [1.29, 1.82) is 5.31 Å². The van der Waals surface area contributed by atoms with Gasteiger partial charge in [0.25, 0.3) is 0 Å². The summed E-state index contributed by atoms with van der Waals surface area (Å²) in [4.78, 5) is 0. The van der Waals surface area contributed by atoms with E-state index in [1.165, 1.54) is 7.21 Å². The first-order valence-corrected chi connectivity index (χ1v) is 2.69. The summed E-state index contributed by atoms with van der Waals surface area (Å²) >= 11 is 2.13. The molecule has 2 N–H and O–H groups in total. The molecule has 0 aliphatic rings. The van der Waals surface area contributed by atoms with Crippen LogP contribution in [0, 0.1) is 5.31 Å². The van der Waals surface area contributed by atoms with Crippen LogP contribution in [0.2, 0.25) is 1.41 Å². The molecule has 0 bridgehead atoms. The van der Waals surface area contributed by atoms with E-state index in [4.69, 9.17) is 1.41 Å². The monoisotopic (exact) mass is 183 g/mol. The number of rotatable bonds is 2. The molecule has 0 aliphatic carbocycles. The minimum atomic E-state index is 0.806. The second-order valence-corrected chi connectivity index (χ2v) is 1.23. The molecule has 0 radical (unpaired) electrons. The minimum absolute atomic E-state index is 0.806. The SMILES string of the molecule is [2H]N=BNCI. The Bertz CT molecular complexity index is 48.8. The van der Waals surface area contributed by atoms with Crippen LogP contribution >= 0.6 is 22.6 Å². The van der Waals surface area contributed by atoms with E-state index in [2.05, 4.69) is 33.1 Å². The van der Waals surface area contributed by atoms with E-state index in [0.717, 1.165) is 4.55 Å². The van der Waals surface area contributed by atoms with Crippen LogP contribution < -0.4 is 5.23 Å². The molecule has 0 aromatic rings. The summed E-state index contributed by atoms with van der Waals surface area (Å²) < 4.78 is 7.02. The topological polar surface area (TPSA) is 35.9 Å². The number of nitrogens with one attached hydrogen (secondary N) is 2. The zero-order valence-corrected chi connectivity index (χ0v) is 4.77. The van der Waals surface area contributed by atoms with E-state index in [1.807, 2.05) is 0 Å². The van der Waals surface area contributed by atoms with Gasteiger partial charge in [-0.1, -0.05) is 0 Å². The van der Waals surface area contributed by atoms with Crippen molar-refractivity contribution in [2.45, 2.75) is 0 Å². The molecule has 0 unspecified atom stereocenters. The summed E-state index contributed by atoms with van der Waals surface area (Å²) in [6, 6.07) is 0. The molecular weight excluding hydrogens is 178 g/mol. The number of hydrogen-bond acceptors (Lipinski definition) is 1. The van der Waals surface area contributed by atoms with Crippen LogP contribution in [0.5, 0.6) is 0 Å². The van der Waals surface area contributed by atoms with Gasteiger partial charge in [-0.25, -0.2) is 0 Å². The quantitative estimate of drug-likeness (QED) is 0.275. The molecule has 4 heteroatoms. The molecule has 0 aromatic carbocycles. The van der Waals surface area contributed by atoms with Gasteiger partial charge in [0.1, 0.15) is 0 Å². The second-order valence-electron chi connectivity index (χ2n) is 0.467. The van der Waals surface area contributed by atoms with Gasteiger partial charge in [0.2, 0.25) is 0 Å². The van der Waals surface area contributed by atoms with E-state index in [1.54, 1.807) is 0 Å². The van der Waals surface area contributed by atoms with Crippen LogP contribution in [0.15, 0.2) is 0 Å². The van der Waals surface area contributed by atoms with E-state index >= 15 is 0 Å². The van der Waals surface area contributed by atoms with Crippen LogP contribution in [0.1, 0.15) is 0 Å². The summed E-state index contributed by atoms with van der Waals surface area (Å²) in [6.07, 6.45) is 0. The van der Waals surface area contributed by atoms with Crippen molar-refractivity contribution in [3.05, 3.63) is 0 Å². The van der Waals surface area contributed by atoms with E-state index in [9.17, 15) is 0 Å². The van der Waals surface area contributed by atoms with Gasteiger partial charge in [0.05, 0.1) is 0 Å². The third-order valence-corrected chi connectivity index (χ3v) is 0.609. The average molecular weight is 183 g/mol. The number of alkyl halides is 1. The van der Waals surface area contributed by atoms with E-state index in [-0.39, 0.29) is 0 Å². The van der Waals surface area contributed by atoms with Crippen LogP contribution in [0.3, 0.4) is 0 Å². The Hall–Kier alpha value is 0.395. The van der Waals surface area contributed by atoms with Crippen molar-refractivity contribution in [2.24, 2.45) is 0 Å². The molecule has 0 spiro atoms. The fraction of sp³-hybridized carbons (Fsp3) is 1.00. The molecule has 0 aliphatic heterocycles. The normalized spacial score (nSPS) is 10.2. The molecular formula is CH4BIN2. The summed E-state index contributed by atoms with van der Waals surface area (Å²) in [7, 11) is 1.34. The van der Waals surface area contributed by atoms with Gasteiger partial charge in [-0.2, -0.15) is 0 Å². The summed E-state index contributed by atoms with van der Waals surface area (Å²) in [5.41, 5.74) is 0. The number of halogens is 1. The van der Waals surface area contributed by atoms with Crippen molar-refractivity contribution in [3.63, 3.8) is 0 Å². The van der Waals surface area contributed by atoms with Crippen molar-refractivity contribution < 1.29 is 1.41 Å². The molecule has 0 saturated carbocycles. The fourth-order valence-electron chi connectivity index (χ4n) is 0.0345. The van der Waals surface area contributed by atoms with Gasteiger partial charge in [-0.3, -0.25) is 0 Å². The van der Waals surface area contributed by atoms with Crippen LogP contribution in [-0.4, -0.2) is 11.8 Å². The molecule has 0 heterocycles. The first kappa shape index (κ1) is 3.58. The summed E-state index contributed by atoms with van der Waals surface area (Å²) in [5.74, 6) is 0. The van der Waals surface area contributed by atoms with Crippen molar-refractivity contribution >= 4 is 29.8 Å². The first-order chi connectivity index (χ1) is 2.91. The maximum atomic E-state index is 6.21. The third kappa shape index (κ3) is 4.39. The number of hydrogen-bond donors (Lipinski definition) is 2. The second kappa shape index (κ2) is 4.39. The Morgan fingerprint density at radius 2 is 3.20 bits per heavy atom. The molecule has 0 amide bonds. The summed E-state index contributed by atoms with van der Waals surface area (Å²) in [6.45, 7) is 0. The Labute approximate surface area is 46.7 Å². The van der Waals surface area contributed by atoms with Crippen molar-refractivity contribution in [3.8, 4) is 0 Å². The standard InChI is InChI=1S/CH4BIN2/c3-1-5-2-4/h4-5H,1H2/i4D. The molecule has 28 valence electrons. The Morgan fingerprint density at radius 1 is 2.40 bits per heavy atom. The van der Waals surface area contributed by atoms with Crippen LogP contribution in [0.4, 0.5) is 0 Å². The van der Waals surface area contributed by atoms with Gasteiger partial charge in [0.15, 0.2) is 0 Å². The molecule has 0 fully saturated rings. The molecule has 0 rings (SSSR count). The Kier molecular flexibility index (Phi) is 3.15. The fourth-order valence-corrected chi connectivity index (χ4v) is 0.231. The third-order valence-electron chi connectivity index (χ3n) is 0.168. The molecule has 2 nitrogen and oxygen atoms in total. The van der Waals surface area contributed by atoms with Crippen LogP contribution in [-0.2, 0) is 0 Å². The van der Waals surface area contributed by atoms with E-state index < -0.39 is 0 Å². The molecule has 0 aromatic heterocycles. The van der Waals surface area contributed by atoms with E-state index in [0.29, 0.717) is 0 Å². The molecule has 0 atom stereocenters. The Morgan fingerprint density at radius 3 is 3.40 bits per heavy atom. The maximum absolute atomic E-state index is 6.21. The molecule has 0 saturated heterocycles. The first-order valence-electron chi connectivity index (χ1n) is 1.61. The van der Waals surface area contributed by atoms with Gasteiger partial charge in [-0.15, -0.1) is 0 Å².